The van der Waals surface area contributed by atoms with E-state index in [0.717, 1.165) is 11.4 Å². The molecule has 7 nitrogen and oxygen atoms in total. The molecule has 0 bridgehead atoms. The van der Waals surface area contributed by atoms with E-state index >= 15 is 0 Å². The van der Waals surface area contributed by atoms with Gasteiger partial charge in [-0.05, 0) is 50.2 Å². The average molecular weight is 350 g/mol. The first-order chi connectivity index (χ1) is 12.5. The summed E-state index contributed by atoms with van der Waals surface area (Å²) < 4.78 is 16.1. The van der Waals surface area contributed by atoms with Crippen molar-refractivity contribution in [1.82, 2.24) is 25.0 Å². The normalized spacial score (nSPS) is 11.0. The van der Waals surface area contributed by atoms with Crippen molar-refractivity contribution in [3.05, 3.63) is 65.5 Å². The highest BCUT2D eigenvalue weighted by Gasteiger charge is 2.15. The fraction of sp³-hybridized carbons (Fsp3) is 0.111. The van der Waals surface area contributed by atoms with Crippen molar-refractivity contribution in [2.45, 2.75) is 13.8 Å². The van der Waals surface area contributed by atoms with Gasteiger partial charge in [0.05, 0.1) is 11.1 Å². The molecule has 8 heteroatoms. The fourth-order valence-corrected chi connectivity index (χ4v) is 2.85. The molecular formula is C18H15FN6O. The van der Waals surface area contributed by atoms with Crippen LogP contribution < -0.4 is 5.32 Å². The minimum Gasteiger partial charge on any atom is -0.321 e. The summed E-state index contributed by atoms with van der Waals surface area (Å²) in [5.74, 6) is -0.899. The van der Waals surface area contributed by atoms with Crippen molar-refractivity contribution in [1.29, 1.82) is 0 Å². The molecule has 0 unspecified atom stereocenters. The molecule has 130 valence electrons. The molecule has 0 aliphatic carbocycles. The Bertz CT molecular complexity index is 1130. The van der Waals surface area contributed by atoms with E-state index in [2.05, 4.69) is 25.6 Å². The van der Waals surface area contributed by atoms with E-state index in [1.807, 2.05) is 19.9 Å². The topological polar surface area (TPSA) is 88.5 Å². The third kappa shape index (κ3) is 2.71. The average Bonchev–Trinajstić information content (AvgIpc) is 3.18. The molecule has 1 amide bonds. The minimum absolute atomic E-state index is 0.274. The Kier molecular flexibility index (Phi) is 3.72. The number of carbonyl (C=O) groups excluding carboxylic acids is 1. The number of anilines is 1. The third-order valence-electron chi connectivity index (χ3n) is 4.00. The Labute approximate surface area is 147 Å². The first-order valence-corrected chi connectivity index (χ1v) is 7.96. The second-order valence-corrected chi connectivity index (χ2v) is 5.93. The predicted molar refractivity (Wildman–Crippen MR) is 94.8 cm³/mol. The number of halogens is 1. The molecule has 2 N–H and O–H groups in total. The van der Waals surface area contributed by atoms with E-state index in [4.69, 9.17) is 0 Å². The quantitative estimate of drug-likeness (QED) is 0.594. The van der Waals surface area contributed by atoms with Crippen LogP contribution in [0.15, 0.2) is 42.6 Å². The van der Waals surface area contributed by atoms with Crippen molar-refractivity contribution in [2.75, 3.05) is 5.32 Å². The molecule has 4 rings (SSSR count). The van der Waals surface area contributed by atoms with Crippen molar-refractivity contribution in [2.24, 2.45) is 0 Å². The summed E-state index contributed by atoms with van der Waals surface area (Å²) in [7, 11) is 0. The van der Waals surface area contributed by atoms with E-state index in [1.54, 1.807) is 30.5 Å². The van der Waals surface area contributed by atoms with Gasteiger partial charge in [-0.15, -0.1) is 0 Å². The number of hydrogen-bond acceptors (Lipinski definition) is 4. The number of hydrogen-bond donors (Lipinski definition) is 2. The molecule has 0 fully saturated rings. The molecule has 0 atom stereocenters. The van der Waals surface area contributed by atoms with Crippen LogP contribution in [0.1, 0.15) is 21.9 Å². The number of carbonyl (C=O) groups is 1. The van der Waals surface area contributed by atoms with E-state index in [0.29, 0.717) is 22.4 Å². The Morgan fingerprint density at radius 1 is 1.23 bits per heavy atom. The first-order valence-electron chi connectivity index (χ1n) is 7.96. The molecule has 1 aromatic carbocycles. The number of nitrogens with one attached hydrogen (secondary N) is 2. The molecule has 4 aromatic rings. The number of nitrogens with zero attached hydrogens (tertiary/aromatic N) is 4. The minimum atomic E-state index is -0.481. The van der Waals surface area contributed by atoms with Crippen LogP contribution >= 0.6 is 0 Å². The molecule has 3 aromatic heterocycles. The number of aryl methyl sites for hydroxylation is 2. The number of aromatic amines is 1. The van der Waals surface area contributed by atoms with Crippen LogP contribution in [-0.4, -0.2) is 30.9 Å². The number of benzene rings is 1. The maximum Gasteiger partial charge on any atom is 0.274 e. The predicted octanol–water partition coefficient (Wildman–Crippen LogP) is 3.15. The highest BCUT2D eigenvalue weighted by molar-refractivity contribution is 6.10. The number of aromatic nitrogens is 5. The SMILES string of the molecule is Cc1cc(C)n(-c2ccc(NC(=O)c3[nH]nc4ncccc34)cc2F)n1. The van der Waals surface area contributed by atoms with E-state index in [9.17, 15) is 9.18 Å². The van der Waals surface area contributed by atoms with Gasteiger partial charge in [0.1, 0.15) is 11.4 Å². The molecule has 0 radical (unpaired) electrons. The second-order valence-electron chi connectivity index (χ2n) is 5.93. The second kappa shape index (κ2) is 6.07. The van der Waals surface area contributed by atoms with Crippen LogP contribution in [0.4, 0.5) is 10.1 Å². The van der Waals surface area contributed by atoms with Gasteiger partial charge in [-0.3, -0.25) is 9.89 Å². The largest absolute Gasteiger partial charge is 0.321 e. The van der Waals surface area contributed by atoms with Gasteiger partial charge in [-0.1, -0.05) is 0 Å². The van der Waals surface area contributed by atoms with Crippen LogP contribution in [-0.2, 0) is 0 Å². The van der Waals surface area contributed by atoms with Gasteiger partial charge in [0.15, 0.2) is 11.5 Å². The van der Waals surface area contributed by atoms with Crippen molar-refractivity contribution >= 4 is 22.6 Å². The number of rotatable bonds is 3. The van der Waals surface area contributed by atoms with Gasteiger partial charge in [-0.2, -0.15) is 10.2 Å². The molecule has 0 saturated heterocycles. The first kappa shape index (κ1) is 15.9. The zero-order valence-corrected chi connectivity index (χ0v) is 14.1. The van der Waals surface area contributed by atoms with Gasteiger partial charge in [0.2, 0.25) is 0 Å². The Morgan fingerprint density at radius 3 is 2.81 bits per heavy atom. The molecule has 0 aliphatic rings. The Balaban J connectivity index is 1.62. The monoisotopic (exact) mass is 350 g/mol. The standard InChI is InChI=1S/C18H15FN6O/c1-10-8-11(2)25(24-10)15-6-5-12(9-14(15)19)21-18(26)16-13-4-3-7-20-17(13)23-22-16/h3-9H,1-2H3,(H,21,26)(H,20,22,23). The highest BCUT2D eigenvalue weighted by Crippen LogP contribution is 2.21. The molecule has 26 heavy (non-hydrogen) atoms. The third-order valence-corrected chi connectivity index (χ3v) is 4.00. The van der Waals surface area contributed by atoms with Crippen LogP contribution in [0.5, 0.6) is 0 Å². The highest BCUT2D eigenvalue weighted by atomic mass is 19.1. The molecular weight excluding hydrogens is 335 g/mol. The summed E-state index contributed by atoms with van der Waals surface area (Å²) in [6.45, 7) is 3.70. The van der Waals surface area contributed by atoms with E-state index in [-0.39, 0.29) is 5.69 Å². The number of amides is 1. The lowest BCUT2D eigenvalue weighted by atomic mass is 10.2. The van der Waals surface area contributed by atoms with Gasteiger partial charge in [0, 0.05) is 17.6 Å². The number of pyridine rings is 1. The lowest BCUT2D eigenvalue weighted by Crippen LogP contribution is -2.13. The molecule has 3 heterocycles. The maximum absolute atomic E-state index is 14.5. The van der Waals surface area contributed by atoms with Gasteiger partial charge in [-0.25, -0.2) is 14.1 Å². The summed E-state index contributed by atoms with van der Waals surface area (Å²) in [5, 5.41) is 14.2. The van der Waals surface area contributed by atoms with Gasteiger partial charge >= 0.3 is 0 Å². The van der Waals surface area contributed by atoms with Crippen molar-refractivity contribution < 1.29 is 9.18 Å². The summed E-state index contributed by atoms with van der Waals surface area (Å²) in [4.78, 5) is 16.5. The van der Waals surface area contributed by atoms with E-state index in [1.165, 1.54) is 10.7 Å². The smallest absolute Gasteiger partial charge is 0.274 e. The van der Waals surface area contributed by atoms with E-state index < -0.39 is 11.7 Å². The van der Waals surface area contributed by atoms with Crippen LogP contribution in [0.2, 0.25) is 0 Å². The summed E-state index contributed by atoms with van der Waals surface area (Å²) >= 11 is 0. The van der Waals surface area contributed by atoms with Crippen LogP contribution in [0.25, 0.3) is 16.7 Å². The molecule has 0 saturated carbocycles. The van der Waals surface area contributed by atoms with Gasteiger partial charge in [0.25, 0.3) is 5.91 Å². The molecule has 0 aliphatic heterocycles. The fourth-order valence-electron chi connectivity index (χ4n) is 2.85. The zero-order chi connectivity index (χ0) is 18.3. The van der Waals surface area contributed by atoms with Crippen LogP contribution in [0, 0.1) is 19.7 Å². The summed E-state index contributed by atoms with van der Waals surface area (Å²) in [6, 6.07) is 9.80. The lowest BCUT2D eigenvalue weighted by molar-refractivity contribution is 0.102. The summed E-state index contributed by atoms with van der Waals surface area (Å²) in [5.41, 5.74) is 3.02. The maximum atomic E-state index is 14.5. The van der Waals surface area contributed by atoms with Gasteiger partial charge < -0.3 is 5.32 Å². The van der Waals surface area contributed by atoms with Crippen molar-refractivity contribution in [3.63, 3.8) is 0 Å². The zero-order valence-electron chi connectivity index (χ0n) is 14.1. The number of H-pyrrole nitrogens is 1. The number of fused-ring (bicyclic) bond motifs is 1. The molecule has 0 spiro atoms. The summed E-state index contributed by atoms with van der Waals surface area (Å²) in [6.07, 6.45) is 1.60. The Hall–Kier alpha value is -3.55. The Morgan fingerprint density at radius 2 is 2.08 bits per heavy atom. The van der Waals surface area contributed by atoms with Crippen molar-refractivity contribution in [3.8, 4) is 5.69 Å². The van der Waals surface area contributed by atoms with Crippen LogP contribution in [0.3, 0.4) is 0 Å². The lowest BCUT2D eigenvalue weighted by Gasteiger charge is -2.09.